The summed E-state index contributed by atoms with van der Waals surface area (Å²) < 4.78 is 5.62. The highest BCUT2D eigenvalue weighted by Crippen LogP contribution is 2.29. The van der Waals surface area contributed by atoms with Gasteiger partial charge in [-0.3, -0.25) is 9.89 Å². The fraction of sp³-hybridized carbons (Fsp3) is 0.316. The molecule has 0 aliphatic carbocycles. The highest BCUT2D eigenvalue weighted by molar-refractivity contribution is 5.78. The Morgan fingerprint density at radius 3 is 2.74 bits per heavy atom. The summed E-state index contributed by atoms with van der Waals surface area (Å²) in [6.45, 7) is 0.683. The van der Waals surface area contributed by atoms with Crippen molar-refractivity contribution in [3.05, 3.63) is 54.6 Å². The van der Waals surface area contributed by atoms with Crippen LogP contribution in [0.15, 0.2) is 48.8 Å². The number of rotatable bonds is 5. The van der Waals surface area contributed by atoms with Gasteiger partial charge in [0.2, 0.25) is 5.82 Å². The molecule has 3 aromatic rings. The summed E-state index contributed by atoms with van der Waals surface area (Å²) in [5.74, 6) is 2.18. The third kappa shape index (κ3) is 3.94. The number of ether oxygens (including phenoxy) is 1. The second-order valence-electron chi connectivity index (χ2n) is 6.32. The average molecular weight is 364 g/mol. The molecular weight excluding hydrogens is 344 g/mol. The normalized spacial score (nSPS) is 16.9. The number of hydrogen-bond donors (Lipinski definition) is 1. The third-order valence-electron chi connectivity index (χ3n) is 4.51. The average Bonchev–Trinajstić information content (AvgIpc) is 3.23. The molecule has 138 valence electrons. The molecule has 1 aromatic carbocycles. The molecule has 0 bridgehead atoms. The number of likely N-dealkylation sites (tertiary alicyclic amines) is 1. The molecule has 1 unspecified atom stereocenters. The molecule has 0 radical (unpaired) electrons. The Morgan fingerprint density at radius 1 is 1.11 bits per heavy atom. The molecule has 1 N–H and O–H groups in total. The summed E-state index contributed by atoms with van der Waals surface area (Å²) in [7, 11) is 0. The first kappa shape index (κ1) is 17.1. The van der Waals surface area contributed by atoms with Crippen LogP contribution in [0.4, 0.5) is 0 Å². The molecule has 4 rings (SSSR count). The van der Waals surface area contributed by atoms with Gasteiger partial charge in [0.05, 0.1) is 6.04 Å². The van der Waals surface area contributed by atoms with Crippen LogP contribution >= 0.6 is 0 Å². The standard InChI is InChI=1S/C19H20N6O2/c26-16(13-27-14-7-2-1-3-8-14)25-12-5-4-9-15(25)17-22-19(24-23-17)18-20-10-6-11-21-18/h1-3,6-8,10-11,15H,4-5,9,12-13H2,(H,22,23,24). The number of para-hydroxylation sites is 1. The fourth-order valence-corrected chi connectivity index (χ4v) is 3.20. The summed E-state index contributed by atoms with van der Waals surface area (Å²) >= 11 is 0. The van der Waals surface area contributed by atoms with Crippen LogP contribution in [0.5, 0.6) is 5.75 Å². The van der Waals surface area contributed by atoms with Gasteiger partial charge in [-0.2, -0.15) is 0 Å². The zero-order valence-electron chi connectivity index (χ0n) is 14.8. The van der Waals surface area contributed by atoms with Gasteiger partial charge in [-0.1, -0.05) is 18.2 Å². The monoisotopic (exact) mass is 364 g/mol. The van der Waals surface area contributed by atoms with Crippen molar-refractivity contribution in [1.82, 2.24) is 30.0 Å². The number of nitrogens with zero attached hydrogens (tertiary/aromatic N) is 5. The first-order valence-corrected chi connectivity index (χ1v) is 8.98. The van der Waals surface area contributed by atoms with Crippen molar-refractivity contribution >= 4 is 5.91 Å². The molecule has 2 aromatic heterocycles. The van der Waals surface area contributed by atoms with E-state index < -0.39 is 0 Å². The van der Waals surface area contributed by atoms with Crippen molar-refractivity contribution in [3.63, 3.8) is 0 Å². The molecule has 1 aliphatic rings. The summed E-state index contributed by atoms with van der Waals surface area (Å²) in [6.07, 6.45) is 6.13. The zero-order chi connectivity index (χ0) is 18.5. The summed E-state index contributed by atoms with van der Waals surface area (Å²) in [4.78, 5) is 27.4. The molecular formula is C19H20N6O2. The largest absolute Gasteiger partial charge is 0.484 e. The van der Waals surface area contributed by atoms with E-state index in [0.717, 1.165) is 19.3 Å². The first-order chi connectivity index (χ1) is 13.3. The minimum Gasteiger partial charge on any atom is -0.484 e. The zero-order valence-corrected chi connectivity index (χ0v) is 14.8. The molecule has 0 spiro atoms. The lowest BCUT2D eigenvalue weighted by molar-refractivity contribution is -0.137. The lowest BCUT2D eigenvalue weighted by Gasteiger charge is -2.34. The second-order valence-corrected chi connectivity index (χ2v) is 6.32. The molecule has 1 atom stereocenters. The van der Waals surface area contributed by atoms with E-state index in [4.69, 9.17) is 4.74 Å². The first-order valence-electron chi connectivity index (χ1n) is 8.98. The number of carbonyl (C=O) groups is 1. The van der Waals surface area contributed by atoms with Crippen LogP contribution in [0, 0.1) is 0 Å². The molecule has 1 fully saturated rings. The number of carbonyl (C=O) groups excluding carboxylic acids is 1. The van der Waals surface area contributed by atoms with E-state index in [0.29, 0.717) is 29.8 Å². The molecule has 0 saturated carbocycles. The van der Waals surface area contributed by atoms with Crippen LogP contribution in [-0.2, 0) is 4.79 Å². The number of hydrogen-bond acceptors (Lipinski definition) is 6. The number of H-pyrrole nitrogens is 1. The maximum absolute atomic E-state index is 12.7. The number of benzene rings is 1. The van der Waals surface area contributed by atoms with Crippen molar-refractivity contribution in [1.29, 1.82) is 0 Å². The summed E-state index contributed by atoms with van der Waals surface area (Å²) in [6, 6.07) is 10.9. The van der Waals surface area contributed by atoms with E-state index in [1.54, 1.807) is 18.5 Å². The number of aromatic nitrogens is 5. The van der Waals surface area contributed by atoms with E-state index >= 15 is 0 Å². The Bertz CT molecular complexity index is 883. The van der Waals surface area contributed by atoms with E-state index in [-0.39, 0.29) is 18.6 Å². The van der Waals surface area contributed by atoms with Crippen LogP contribution in [0.1, 0.15) is 31.1 Å². The van der Waals surface area contributed by atoms with Gasteiger partial charge in [-0.15, -0.1) is 5.10 Å². The Morgan fingerprint density at radius 2 is 1.93 bits per heavy atom. The van der Waals surface area contributed by atoms with Crippen LogP contribution in [0.2, 0.25) is 0 Å². The number of nitrogens with one attached hydrogen (secondary N) is 1. The SMILES string of the molecule is O=C(COc1ccccc1)N1CCCCC1c1nc(-c2ncccn2)n[nH]1. The van der Waals surface area contributed by atoms with Gasteiger partial charge >= 0.3 is 0 Å². The van der Waals surface area contributed by atoms with Gasteiger partial charge in [0.1, 0.15) is 11.6 Å². The minimum atomic E-state index is -0.143. The number of piperidine rings is 1. The van der Waals surface area contributed by atoms with Gasteiger partial charge in [0, 0.05) is 18.9 Å². The molecule has 1 amide bonds. The Balaban J connectivity index is 1.47. The molecule has 1 aliphatic heterocycles. The Hall–Kier alpha value is -3.29. The van der Waals surface area contributed by atoms with E-state index in [9.17, 15) is 4.79 Å². The van der Waals surface area contributed by atoms with Gasteiger partial charge in [-0.05, 0) is 37.5 Å². The van der Waals surface area contributed by atoms with Gasteiger partial charge < -0.3 is 9.64 Å². The molecule has 3 heterocycles. The fourth-order valence-electron chi connectivity index (χ4n) is 3.20. The van der Waals surface area contributed by atoms with Crippen LogP contribution in [0.3, 0.4) is 0 Å². The lowest BCUT2D eigenvalue weighted by atomic mass is 10.0. The van der Waals surface area contributed by atoms with Crippen LogP contribution < -0.4 is 4.74 Å². The van der Waals surface area contributed by atoms with Crippen LogP contribution in [0.25, 0.3) is 11.6 Å². The summed E-state index contributed by atoms with van der Waals surface area (Å²) in [5.41, 5.74) is 0. The molecule has 27 heavy (non-hydrogen) atoms. The Kier molecular flexibility index (Phi) is 5.04. The lowest BCUT2D eigenvalue weighted by Crippen LogP contribution is -2.41. The Labute approximate surface area is 156 Å². The minimum absolute atomic E-state index is 0.00328. The van der Waals surface area contributed by atoms with E-state index in [2.05, 4.69) is 25.1 Å². The van der Waals surface area contributed by atoms with Gasteiger partial charge in [0.25, 0.3) is 5.91 Å². The predicted molar refractivity (Wildman–Crippen MR) is 97.7 cm³/mol. The van der Waals surface area contributed by atoms with Gasteiger partial charge in [0.15, 0.2) is 12.4 Å². The van der Waals surface area contributed by atoms with Crippen molar-refractivity contribution in [2.45, 2.75) is 25.3 Å². The quantitative estimate of drug-likeness (QED) is 0.747. The molecule has 8 nitrogen and oxygen atoms in total. The highest BCUT2D eigenvalue weighted by Gasteiger charge is 2.31. The maximum Gasteiger partial charge on any atom is 0.261 e. The topological polar surface area (TPSA) is 96.9 Å². The number of amides is 1. The van der Waals surface area contributed by atoms with E-state index in [1.807, 2.05) is 35.2 Å². The van der Waals surface area contributed by atoms with Crippen molar-refractivity contribution in [2.75, 3.05) is 13.2 Å². The smallest absolute Gasteiger partial charge is 0.261 e. The third-order valence-corrected chi connectivity index (χ3v) is 4.51. The maximum atomic E-state index is 12.7. The highest BCUT2D eigenvalue weighted by atomic mass is 16.5. The molecule has 8 heteroatoms. The molecule has 1 saturated heterocycles. The van der Waals surface area contributed by atoms with Crippen molar-refractivity contribution in [2.24, 2.45) is 0 Å². The number of aromatic amines is 1. The van der Waals surface area contributed by atoms with Crippen molar-refractivity contribution < 1.29 is 9.53 Å². The van der Waals surface area contributed by atoms with Gasteiger partial charge in [-0.25, -0.2) is 15.0 Å². The van der Waals surface area contributed by atoms with Crippen LogP contribution in [-0.4, -0.2) is 49.1 Å². The summed E-state index contributed by atoms with van der Waals surface area (Å²) in [5, 5.41) is 7.18. The van der Waals surface area contributed by atoms with E-state index in [1.165, 1.54) is 0 Å². The second kappa shape index (κ2) is 7.94. The van der Waals surface area contributed by atoms with Crippen molar-refractivity contribution in [3.8, 4) is 17.4 Å². The predicted octanol–water partition coefficient (Wildman–Crippen LogP) is 2.39.